The molecule has 1 nitrogen and oxygen atoms in total. The van der Waals surface area contributed by atoms with Crippen molar-refractivity contribution in [2.75, 3.05) is 0 Å². The summed E-state index contributed by atoms with van der Waals surface area (Å²) in [5.74, 6) is 4.39. The third kappa shape index (κ3) is 3.27. The molecule has 2 rings (SSSR count). The Morgan fingerprint density at radius 1 is 1.22 bits per heavy atom. The molecule has 0 aromatic heterocycles. The van der Waals surface area contributed by atoms with E-state index in [0.29, 0.717) is 0 Å². The van der Waals surface area contributed by atoms with Crippen LogP contribution in [0.3, 0.4) is 0 Å². The number of rotatable bonds is 4. The van der Waals surface area contributed by atoms with Crippen molar-refractivity contribution in [1.29, 1.82) is 0 Å². The Bertz CT molecular complexity index is 336. The summed E-state index contributed by atoms with van der Waals surface area (Å²) in [6.45, 7) is 3.88. The van der Waals surface area contributed by atoms with Gasteiger partial charge in [0, 0.05) is 18.8 Å². The van der Waals surface area contributed by atoms with Gasteiger partial charge in [-0.25, -0.2) is 0 Å². The smallest absolute Gasteiger partial charge is 0.0896 e. The number of hydrogen-bond donors (Lipinski definition) is 1. The predicted octanol–water partition coefficient (Wildman–Crippen LogP) is 2.65. The van der Waals surface area contributed by atoms with Crippen molar-refractivity contribution in [3.63, 3.8) is 0 Å². The van der Waals surface area contributed by atoms with E-state index in [-0.39, 0.29) is 0 Å². The van der Waals surface area contributed by atoms with Gasteiger partial charge in [-0.15, -0.1) is 13.0 Å². The summed E-state index contributed by atoms with van der Waals surface area (Å²) < 4.78 is 0. The minimum absolute atomic E-state index is 0.795. The second kappa shape index (κ2) is 6.81. The molecule has 0 spiro atoms. The van der Waals surface area contributed by atoms with Gasteiger partial charge in [0.05, 0.1) is 12.1 Å². The van der Waals surface area contributed by atoms with E-state index >= 15 is 0 Å². The number of allylic oxidation sites excluding steroid dienone is 2. The van der Waals surface area contributed by atoms with E-state index in [2.05, 4.69) is 30.0 Å². The molecule has 0 amide bonds. The van der Waals surface area contributed by atoms with Crippen LogP contribution in [0.1, 0.15) is 44.9 Å². The van der Waals surface area contributed by atoms with E-state index in [4.69, 9.17) is 6.42 Å². The Labute approximate surface area is 112 Å². The van der Waals surface area contributed by atoms with E-state index in [1.165, 1.54) is 44.9 Å². The maximum absolute atomic E-state index is 5.28. The van der Waals surface area contributed by atoms with Gasteiger partial charge >= 0.3 is 0 Å². The minimum atomic E-state index is 0.795. The summed E-state index contributed by atoms with van der Waals surface area (Å²) >= 11 is 0. The Balaban J connectivity index is 1.91. The minimum Gasteiger partial charge on any atom is -0.341 e. The molecule has 2 aliphatic rings. The van der Waals surface area contributed by atoms with Crippen LogP contribution in [0.25, 0.3) is 0 Å². The predicted molar refractivity (Wildman–Crippen MR) is 77.0 cm³/mol. The summed E-state index contributed by atoms with van der Waals surface area (Å²) in [5, 5.41) is 2.65. The van der Waals surface area contributed by atoms with E-state index in [9.17, 15) is 0 Å². The zero-order chi connectivity index (χ0) is 12.8. The van der Waals surface area contributed by atoms with Gasteiger partial charge in [0.25, 0.3) is 0 Å². The van der Waals surface area contributed by atoms with Gasteiger partial charge in [-0.1, -0.05) is 18.1 Å². The molecule has 0 radical (unpaired) electrons. The van der Waals surface area contributed by atoms with E-state index in [1.54, 1.807) is 0 Å². The Morgan fingerprint density at radius 3 is 2.89 bits per heavy atom. The van der Waals surface area contributed by atoms with Crippen LogP contribution in [-0.2, 0) is 0 Å². The molecular formula is C17H26N+. The maximum Gasteiger partial charge on any atom is 0.0896 e. The average Bonchev–Trinajstić information content (AvgIpc) is 2.39. The molecule has 98 valence electrons. The summed E-state index contributed by atoms with van der Waals surface area (Å²) in [5.41, 5.74) is 0. The van der Waals surface area contributed by atoms with Crippen molar-refractivity contribution in [1.82, 2.24) is 0 Å². The number of fused-ring (bicyclic) bond motifs is 1. The summed E-state index contributed by atoms with van der Waals surface area (Å²) in [6, 6.07) is 1.66. The second-order valence-electron chi connectivity index (χ2n) is 5.88. The van der Waals surface area contributed by atoms with Gasteiger partial charge in [-0.3, -0.25) is 0 Å². The van der Waals surface area contributed by atoms with E-state index < -0.39 is 0 Å². The highest BCUT2D eigenvalue weighted by molar-refractivity contribution is 5.09. The largest absolute Gasteiger partial charge is 0.341 e. The van der Waals surface area contributed by atoms with Crippen LogP contribution in [0, 0.1) is 24.2 Å². The molecule has 1 saturated carbocycles. The van der Waals surface area contributed by atoms with E-state index in [0.717, 1.165) is 23.9 Å². The number of nitrogens with two attached hydrogens (primary N) is 1. The highest BCUT2D eigenvalue weighted by Gasteiger charge is 2.39. The van der Waals surface area contributed by atoms with Crippen LogP contribution < -0.4 is 5.32 Å². The van der Waals surface area contributed by atoms with Crippen LogP contribution >= 0.6 is 0 Å². The molecule has 0 aromatic rings. The van der Waals surface area contributed by atoms with Crippen LogP contribution in [0.15, 0.2) is 24.8 Å². The van der Waals surface area contributed by atoms with Gasteiger partial charge in [0.1, 0.15) is 0 Å². The van der Waals surface area contributed by atoms with Gasteiger partial charge in [-0.05, 0) is 44.1 Å². The zero-order valence-electron chi connectivity index (χ0n) is 11.4. The lowest BCUT2D eigenvalue weighted by Crippen LogP contribution is -2.98. The number of hydrogen-bond acceptors (Lipinski definition) is 0. The van der Waals surface area contributed by atoms with Crippen LogP contribution in [0.5, 0.6) is 0 Å². The van der Waals surface area contributed by atoms with Crippen LogP contribution in [0.4, 0.5) is 0 Å². The molecule has 0 bridgehead atoms. The molecule has 2 fully saturated rings. The first-order valence-corrected chi connectivity index (χ1v) is 7.42. The van der Waals surface area contributed by atoms with Crippen molar-refractivity contribution in [3.05, 3.63) is 24.8 Å². The molecule has 2 N–H and O–H groups in total. The van der Waals surface area contributed by atoms with Crippen molar-refractivity contribution in [2.45, 2.75) is 57.0 Å². The van der Waals surface area contributed by atoms with Crippen molar-refractivity contribution >= 4 is 0 Å². The molecule has 0 aromatic carbocycles. The highest BCUT2D eigenvalue weighted by Crippen LogP contribution is 2.36. The van der Waals surface area contributed by atoms with Gasteiger partial charge < -0.3 is 5.32 Å². The van der Waals surface area contributed by atoms with Crippen molar-refractivity contribution < 1.29 is 5.32 Å². The first-order chi connectivity index (χ1) is 8.85. The molecule has 1 saturated heterocycles. The molecule has 1 aliphatic heterocycles. The van der Waals surface area contributed by atoms with Crippen molar-refractivity contribution in [3.8, 4) is 12.3 Å². The van der Waals surface area contributed by atoms with Crippen LogP contribution in [0.2, 0.25) is 0 Å². The highest BCUT2D eigenvalue weighted by atomic mass is 15.0. The van der Waals surface area contributed by atoms with Gasteiger partial charge in [0.15, 0.2) is 0 Å². The fraction of sp³-hybridized carbons (Fsp3) is 0.647. The fourth-order valence-corrected chi connectivity index (χ4v) is 3.95. The Morgan fingerprint density at radius 2 is 2.11 bits per heavy atom. The number of piperidine rings is 1. The van der Waals surface area contributed by atoms with Gasteiger partial charge in [-0.2, -0.15) is 0 Å². The fourth-order valence-electron chi connectivity index (χ4n) is 3.95. The average molecular weight is 244 g/mol. The maximum atomic E-state index is 5.28. The normalized spacial score (nSPS) is 35.9. The first kappa shape index (κ1) is 13.4. The zero-order valence-corrected chi connectivity index (χ0v) is 11.4. The SMILES string of the molecule is C#C/C=C\C[C@@H]1CCC[C@H]2[NH2+][C@H](CC=C)CC[C@@H]12. The summed E-state index contributed by atoms with van der Waals surface area (Å²) in [7, 11) is 0. The molecule has 1 heteroatoms. The molecule has 0 unspecified atom stereocenters. The quantitative estimate of drug-likeness (QED) is 0.578. The van der Waals surface area contributed by atoms with Crippen molar-refractivity contribution in [2.24, 2.45) is 11.8 Å². The second-order valence-corrected chi connectivity index (χ2v) is 5.88. The topological polar surface area (TPSA) is 16.6 Å². The number of terminal acetylenes is 1. The number of quaternary nitrogens is 1. The summed E-state index contributed by atoms with van der Waals surface area (Å²) in [6.07, 6.45) is 20.8. The Hall–Kier alpha value is -1.00. The first-order valence-electron chi connectivity index (χ1n) is 7.42. The third-order valence-electron chi connectivity index (χ3n) is 4.78. The lowest BCUT2D eigenvalue weighted by Gasteiger charge is -2.41. The Kier molecular flexibility index (Phi) is 5.08. The lowest BCUT2D eigenvalue weighted by molar-refractivity contribution is -0.739. The van der Waals surface area contributed by atoms with Gasteiger partial charge in [0.2, 0.25) is 0 Å². The molecule has 4 atom stereocenters. The molecule has 1 heterocycles. The molecule has 18 heavy (non-hydrogen) atoms. The molecule has 1 aliphatic carbocycles. The molecular weight excluding hydrogens is 218 g/mol. The van der Waals surface area contributed by atoms with E-state index in [1.807, 2.05) is 6.08 Å². The van der Waals surface area contributed by atoms with Crippen LogP contribution in [-0.4, -0.2) is 12.1 Å². The lowest BCUT2D eigenvalue weighted by atomic mass is 9.69. The summed E-state index contributed by atoms with van der Waals surface area (Å²) in [4.78, 5) is 0. The third-order valence-corrected chi connectivity index (χ3v) is 4.78. The standard InChI is InChI=1S/C17H25N/c1-3-5-6-9-14-10-7-11-17-16(14)13-12-15(18-17)8-4-2/h1,4-6,14-18H,2,7-13H2/p+1/b6-5-/t14-,15-,16+,17-/m1/s1. The monoisotopic (exact) mass is 244 g/mol.